The third kappa shape index (κ3) is 5.50. The molecule has 11 heteroatoms. The van der Waals surface area contributed by atoms with Gasteiger partial charge in [0, 0.05) is 41.7 Å². The first-order valence-corrected chi connectivity index (χ1v) is 12.8. The molecular formula is C26H26Cl2FN5O3. The molecule has 37 heavy (non-hydrogen) atoms. The summed E-state index contributed by atoms with van der Waals surface area (Å²) in [5.41, 5.74) is 2.10. The Hall–Kier alpha value is -2.98. The Morgan fingerprint density at radius 1 is 1.27 bits per heavy atom. The smallest absolute Gasteiger partial charge is 0.152 e. The molecule has 0 aliphatic carbocycles. The molecule has 4 aromatic rings. The number of aromatic nitrogens is 5. The third-order valence-electron chi connectivity index (χ3n) is 6.22. The van der Waals surface area contributed by atoms with E-state index in [0.717, 1.165) is 24.8 Å². The number of hydrogen-bond acceptors (Lipinski definition) is 6. The van der Waals surface area contributed by atoms with Crippen molar-refractivity contribution in [2.24, 2.45) is 0 Å². The van der Waals surface area contributed by atoms with Gasteiger partial charge in [-0.1, -0.05) is 23.2 Å². The predicted octanol–water partition coefficient (Wildman–Crippen LogP) is 6.23. The Morgan fingerprint density at radius 3 is 2.81 bits per heavy atom. The van der Waals surface area contributed by atoms with E-state index in [-0.39, 0.29) is 18.5 Å². The average molecular weight is 546 g/mol. The van der Waals surface area contributed by atoms with Crippen molar-refractivity contribution in [2.45, 2.75) is 45.1 Å². The molecule has 1 aromatic carbocycles. The van der Waals surface area contributed by atoms with Gasteiger partial charge in [-0.15, -0.1) is 0 Å². The highest BCUT2D eigenvalue weighted by atomic mass is 35.5. The summed E-state index contributed by atoms with van der Waals surface area (Å²) >= 11 is 12.6. The molecule has 1 fully saturated rings. The Bertz CT molecular complexity index is 1410. The summed E-state index contributed by atoms with van der Waals surface area (Å²) in [6.07, 6.45) is 9.66. The maximum Gasteiger partial charge on any atom is 0.152 e. The van der Waals surface area contributed by atoms with Crippen molar-refractivity contribution in [3.8, 4) is 5.75 Å². The molecule has 0 radical (unpaired) electrons. The van der Waals surface area contributed by atoms with Crippen molar-refractivity contribution in [3.05, 3.63) is 69.9 Å². The van der Waals surface area contributed by atoms with Crippen molar-refractivity contribution >= 4 is 46.0 Å². The molecule has 5 rings (SSSR count). The Morgan fingerprint density at radius 2 is 2.08 bits per heavy atom. The second kappa shape index (κ2) is 11.2. The highest BCUT2D eigenvalue weighted by molar-refractivity contribution is 6.35. The van der Waals surface area contributed by atoms with E-state index >= 15 is 4.39 Å². The molecule has 1 N–H and O–H groups in total. The van der Waals surface area contributed by atoms with Gasteiger partial charge in [0.05, 0.1) is 34.9 Å². The van der Waals surface area contributed by atoms with Crippen LogP contribution in [0.4, 0.5) is 4.39 Å². The van der Waals surface area contributed by atoms with Gasteiger partial charge in [0.1, 0.15) is 17.5 Å². The zero-order chi connectivity index (χ0) is 25.9. The Labute approximate surface area is 223 Å². The number of aliphatic hydroxyl groups is 1. The maximum atomic E-state index is 15.7. The lowest BCUT2D eigenvalue weighted by atomic mass is 10.1. The third-order valence-corrected chi connectivity index (χ3v) is 6.82. The molecule has 1 aliphatic rings. The number of hydrogen-bond donors (Lipinski definition) is 1. The number of pyridine rings is 1. The van der Waals surface area contributed by atoms with Gasteiger partial charge in [0.25, 0.3) is 0 Å². The number of halogens is 3. The monoisotopic (exact) mass is 545 g/mol. The number of ether oxygens (including phenoxy) is 2. The van der Waals surface area contributed by atoms with E-state index in [0.29, 0.717) is 45.5 Å². The van der Waals surface area contributed by atoms with Crippen LogP contribution >= 0.6 is 23.2 Å². The van der Waals surface area contributed by atoms with Crippen LogP contribution in [0.25, 0.3) is 22.8 Å². The highest BCUT2D eigenvalue weighted by Gasteiger charge is 2.24. The predicted molar refractivity (Wildman–Crippen MR) is 140 cm³/mol. The fourth-order valence-corrected chi connectivity index (χ4v) is 5.14. The molecule has 3 aromatic heterocycles. The van der Waals surface area contributed by atoms with E-state index < -0.39 is 11.9 Å². The fourth-order valence-electron chi connectivity index (χ4n) is 4.47. The van der Waals surface area contributed by atoms with Gasteiger partial charge in [0.2, 0.25) is 0 Å². The summed E-state index contributed by atoms with van der Waals surface area (Å²) in [6, 6.07) is 5.43. The number of benzene rings is 1. The summed E-state index contributed by atoms with van der Waals surface area (Å²) in [7, 11) is 0. The number of rotatable bonds is 8. The van der Waals surface area contributed by atoms with E-state index in [1.54, 1.807) is 21.6 Å². The largest absolute Gasteiger partial charge is 0.486 e. The van der Waals surface area contributed by atoms with Crippen molar-refractivity contribution in [2.75, 3.05) is 13.2 Å². The molecule has 2 unspecified atom stereocenters. The molecular weight excluding hydrogens is 520 g/mol. The summed E-state index contributed by atoms with van der Waals surface area (Å²) in [4.78, 5) is 3.99. The Kier molecular flexibility index (Phi) is 7.76. The molecule has 0 bridgehead atoms. The van der Waals surface area contributed by atoms with Gasteiger partial charge in [-0.05, 0) is 50.5 Å². The van der Waals surface area contributed by atoms with Gasteiger partial charge in [0.15, 0.2) is 12.1 Å². The van der Waals surface area contributed by atoms with Crippen molar-refractivity contribution in [1.82, 2.24) is 24.5 Å². The van der Waals surface area contributed by atoms with Crippen LogP contribution in [0.2, 0.25) is 10.0 Å². The second-order valence-electron chi connectivity index (χ2n) is 8.82. The van der Waals surface area contributed by atoms with E-state index in [1.807, 2.05) is 19.1 Å². The van der Waals surface area contributed by atoms with Gasteiger partial charge < -0.3 is 14.6 Å². The van der Waals surface area contributed by atoms with Crippen LogP contribution in [0.5, 0.6) is 5.75 Å². The van der Waals surface area contributed by atoms with Crippen LogP contribution in [-0.4, -0.2) is 42.9 Å². The molecule has 1 aliphatic heterocycles. The lowest BCUT2D eigenvalue weighted by Crippen LogP contribution is -2.19. The highest BCUT2D eigenvalue weighted by Crippen LogP contribution is 2.36. The minimum Gasteiger partial charge on any atom is -0.486 e. The lowest BCUT2D eigenvalue weighted by Gasteiger charge is -2.23. The molecule has 4 heterocycles. The van der Waals surface area contributed by atoms with Crippen LogP contribution < -0.4 is 4.74 Å². The standard InChI is InChI=1S/C26H26Cl2FN5O3/c1-16(25-20(27)13-30-14-21(25)28)37-18-5-6-23-19(11-18)26(32-34(23)24-4-2-3-9-36-24)22(29)10-17-12-31-33(15-17)7-8-35/h5-6,10-16,24,35H,2-4,7-9H2,1H3/b22-10-. The van der Waals surface area contributed by atoms with Gasteiger partial charge in [-0.25, -0.2) is 9.07 Å². The van der Waals surface area contributed by atoms with Gasteiger partial charge in [-0.2, -0.15) is 10.2 Å². The van der Waals surface area contributed by atoms with E-state index in [9.17, 15) is 0 Å². The van der Waals surface area contributed by atoms with Gasteiger partial charge >= 0.3 is 0 Å². The summed E-state index contributed by atoms with van der Waals surface area (Å²) < 4.78 is 31.1. The first kappa shape index (κ1) is 25.7. The normalized spacial score (nSPS) is 17.3. The van der Waals surface area contributed by atoms with Gasteiger partial charge in [-0.3, -0.25) is 9.67 Å². The van der Waals surface area contributed by atoms with Crippen LogP contribution in [-0.2, 0) is 11.3 Å². The lowest BCUT2D eigenvalue weighted by molar-refractivity contribution is -0.0367. The van der Waals surface area contributed by atoms with Crippen LogP contribution in [0.15, 0.2) is 43.0 Å². The van der Waals surface area contributed by atoms with E-state index in [4.69, 9.17) is 37.8 Å². The van der Waals surface area contributed by atoms with Crippen LogP contribution in [0.3, 0.4) is 0 Å². The number of nitrogens with zero attached hydrogens (tertiary/aromatic N) is 5. The van der Waals surface area contributed by atoms with E-state index in [2.05, 4.69) is 15.2 Å². The van der Waals surface area contributed by atoms with Crippen molar-refractivity contribution < 1.29 is 19.0 Å². The van der Waals surface area contributed by atoms with E-state index in [1.165, 1.54) is 24.7 Å². The fraction of sp³-hybridized carbons (Fsp3) is 0.346. The summed E-state index contributed by atoms with van der Waals surface area (Å²) in [6.45, 7) is 2.75. The summed E-state index contributed by atoms with van der Waals surface area (Å²) in [5, 5.41) is 19.3. The average Bonchev–Trinajstić information content (AvgIpc) is 3.49. The first-order chi connectivity index (χ1) is 17.9. The van der Waals surface area contributed by atoms with Crippen molar-refractivity contribution in [1.29, 1.82) is 0 Å². The molecule has 0 amide bonds. The quantitative estimate of drug-likeness (QED) is 0.282. The number of fused-ring (bicyclic) bond motifs is 1. The molecule has 0 spiro atoms. The second-order valence-corrected chi connectivity index (χ2v) is 9.64. The SMILES string of the molecule is CC(Oc1ccc2c(c1)c(/C(F)=C/c1cnn(CCO)c1)nn2C1CCCCO1)c1c(Cl)cncc1Cl. The first-order valence-electron chi connectivity index (χ1n) is 12.0. The topological polar surface area (TPSA) is 87.2 Å². The summed E-state index contributed by atoms with van der Waals surface area (Å²) in [5.74, 6) is -0.00796. The minimum atomic E-state index is -0.520. The van der Waals surface area contributed by atoms with Crippen LogP contribution in [0, 0.1) is 0 Å². The zero-order valence-electron chi connectivity index (χ0n) is 20.1. The van der Waals surface area contributed by atoms with Crippen LogP contribution in [0.1, 0.15) is 55.3 Å². The zero-order valence-corrected chi connectivity index (χ0v) is 21.7. The molecule has 1 saturated heterocycles. The van der Waals surface area contributed by atoms with Crippen molar-refractivity contribution in [3.63, 3.8) is 0 Å². The molecule has 2 atom stereocenters. The number of aliphatic hydroxyl groups excluding tert-OH is 1. The molecule has 8 nitrogen and oxygen atoms in total. The molecule has 194 valence electrons. The molecule has 0 saturated carbocycles. The Balaban J connectivity index is 1.53. The minimum absolute atomic E-state index is 0.0547. The maximum absolute atomic E-state index is 15.7.